The first-order chi connectivity index (χ1) is 32.4. The van der Waals surface area contributed by atoms with E-state index in [4.69, 9.17) is 16.3 Å². The van der Waals surface area contributed by atoms with E-state index in [-0.39, 0.29) is 53.5 Å². The van der Waals surface area contributed by atoms with E-state index in [0.29, 0.717) is 66.3 Å². The zero-order valence-electron chi connectivity index (χ0n) is 35.7. The number of imidazole rings is 2. The van der Waals surface area contributed by atoms with Crippen LogP contribution in [0.1, 0.15) is 59.2 Å². The van der Waals surface area contributed by atoms with Gasteiger partial charge in [-0.25, -0.2) is 23.4 Å². The SMILES string of the molecule is COc1cc(C(=O)NC2CC2)ccc1-c1cnc2c(NCCC(F)(F)F)cc(Cl)nn12.O=C(NC1CC1)c1ccc(-c2cnc3c(NCCC(F)(F)F)cc(Sc4cccc(F)c4)nn23)c(O)c1. The summed E-state index contributed by atoms with van der Waals surface area (Å²) in [5.74, 6) is -0.651. The van der Waals surface area contributed by atoms with Gasteiger partial charge in [0.05, 0.1) is 55.1 Å². The lowest BCUT2D eigenvalue weighted by Gasteiger charge is -2.12. The lowest BCUT2D eigenvalue weighted by Crippen LogP contribution is -2.25. The fourth-order valence-corrected chi connectivity index (χ4v) is 7.86. The molecule has 2 aliphatic rings. The molecule has 2 fully saturated rings. The molecule has 4 heterocycles. The molecule has 7 aromatic rings. The second-order valence-corrected chi connectivity index (χ2v) is 17.3. The molecule has 356 valence electrons. The largest absolute Gasteiger partial charge is 0.507 e. The Morgan fingerprint density at radius 1 is 0.750 bits per heavy atom. The van der Waals surface area contributed by atoms with Gasteiger partial charge in [-0.1, -0.05) is 29.4 Å². The number of halogens is 8. The number of nitrogens with zero attached hydrogens (tertiary/aromatic N) is 6. The fourth-order valence-electron chi connectivity index (χ4n) is 6.82. The maximum Gasteiger partial charge on any atom is 0.390 e. The molecule has 5 N–H and O–H groups in total. The van der Waals surface area contributed by atoms with Gasteiger partial charge in [-0.05, 0) is 86.3 Å². The molecule has 0 radical (unpaired) electrons. The quantitative estimate of drug-likeness (QED) is 0.0620. The Hall–Kier alpha value is -6.81. The zero-order chi connectivity index (χ0) is 48.3. The van der Waals surface area contributed by atoms with E-state index in [1.54, 1.807) is 48.5 Å². The fraction of sp³-hybridized carbons (Fsp3) is 0.289. The van der Waals surface area contributed by atoms with Crippen LogP contribution in [0.5, 0.6) is 11.5 Å². The Bertz CT molecular complexity index is 2990. The van der Waals surface area contributed by atoms with E-state index in [1.165, 1.54) is 52.8 Å². The minimum atomic E-state index is -4.34. The van der Waals surface area contributed by atoms with Gasteiger partial charge >= 0.3 is 12.4 Å². The summed E-state index contributed by atoms with van der Waals surface area (Å²) >= 11 is 7.22. The summed E-state index contributed by atoms with van der Waals surface area (Å²) in [6.07, 6.45) is -3.88. The average Bonchev–Trinajstić information content (AvgIpc) is 4.20. The van der Waals surface area contributed by atoms with E-state index >= 15 is 0 Å². The molecule has 23 heteroatoms. The molecule has 0 spiro atoms. The number of ether oxygens (including phenoxy) is 1. The number of carbonyl (C=O) groups excluding carboxylic acids is 2. The van der Waals surface area contributed by atoms with Crippen molar-refractivity contribution in [3.63, 3.8) is 0 Å². The summed E-state index contributed by atoms with van der Waals surface area (Å²) in [5.41, 5.74) is 3.76. The summed E-state index contributed by atoms with van der Waals surface area (Å²) in [6.45, 7) is -0.707. The van der Waals surface area contributed by atoms with Crippen LogP contribution in [0.15, 0.2) is 95.1 Å². The molecule has 0 saturated heterocycles. The highest BCUT2D eigenvalue weighted by Gasteiger charge is 2.29. The van der Waals surface area contributed by atoms with Crippen molar-refractivity contribution in [1.82, 2.24) is 39.8 Å². The van der Waals surface area contributed by atoms with E-state index in [1.807, 2.05) is 0 Å². The number of phenols is 1. The number of fused-ring (bicyclic) bond motifs is 2. The van der Waals surface area contributed by atoms with Gasteiger partial charge in [-0.2, -0.15) is 36.5 Å². The van der Waals surface area contributed by atoms with E-state index in [9.17, 15) is 45.4 Å². The summed E-state index contributed by atoms with van der Waals surface area (Å²) in [6, 6.07) is 18.7. The smallest absolute Gasteiger partial charge is 0.390 e. The average molecular weight is 985 g/mol. The Kier molecular flexibility index (Phi) is 13.9. The van der Waals surface area contributed by atoms with Crippen LogP contribution in [-0.4, -0.2) is 90.8 Å². The molecule has 0 bridgehead atoms. The minimum Gasteiger partial charge on any atom is -0.507 e. The Balaban J connectivity index is 0.000000187. The molecule has 4 aromatic heterocycles. The van der Waals surface area contributed by atoms with Gasteiger partial charge in [0.15, 0.2) is 16.4 Å². The molecule has 68 heavy (non-hydrogen) atoms. The number of aromatic hydroxyl groups is 1. The Morgan fingerprint density at radius 2 is 1.29 bits per heavy atom. The lowest BCUT2D eigenvalue weighted by atomic mass is 10.1. The predicted molar refractivity (Wildman–Crippen MR) is 240 cm³/mol. The van der Waals surface area contributed by atoms with Crippen LogP contribution in [0.4, 0.5) is 42.1 Å². The number of carbonyl (C=O) groups is 2. The molecule has 2 aliphatic carbocycles. The van der Waals surface area contributed by atoms with Crippen LogP contribution in [0.2, 0.25) is 5.15 Å². The van der Waals surface area contributed by atoms with Gasteiger partial charge in [0.1, 0.15) is 22.3 Å². The number of nitrogens with one attached hydrogen (secondary N) is 4. The first-order valence-electron chi connectivity index (χ1n) is 21.0. The molecule has 0 unspecified atom stereocenters. The number of amides is 2. The maximum absolute atomic E-state index is 13.7. The van der Waals surface area contributed by atoms with Crippen molar-refractivity contribution in [2.45, 2.75) is 72.9 Å². The van der Waals surface area contributed by atoms with Gasteiger partial charge in [0.25, 0.3) is 11.8 Å². The van der Waals surface area contributed by atoms with Gasteiger partial charge in [0, 0.05) is 58.4 Å². The van der Waals surface area contributed by atoms with E-state index in [2.05, 4.69) is 41.4 Å². The first-order valence-corrected chi connectivity index (χ1v) is 22.2. The van der Waals surface area contributed by atoms with Crippen LogP contribution >= 0.6 is 23.4 Å². The third-order valence-corrected chi connectivity index (χ3v) is 11.5. The van der Waals surface area contributed by atoms with Crippen molar-refractivity contribution >= 4 is 57.8 Å². The Morgan fingerprint density at radius 3 is 1.84 bits per heavy atom. The highest BCUT2D eigenvalue weighted by Crippen LogP contribution is 2.37. The highest BCUT2D eigenvalue weighted by molar-refractivity contribution is 7.99. The van der Waals surface area contributed by atoms with Crippen LogP contribution in [-0.2, 0) is 0 Å². The van der Waals surface area contributed by atoms with E-state index < -0.39 is 31.0 Å². The molecular weight excluding hydrogens is 945 g/mol. The molecule has 3 aromatic carbocycles. The summed E-state index contributed by atoms with van der Waals surface area (Å²) < 4.78 is 97.7. The van der Waals surface area contributed by atoms with Crippen molar-refractivity contribution in [3.05, 3.63) is 107 Å². The third kappa shape index (κ3) is 12.0. The third-order valence-electron chi connectivity index (χ3n) is 10.5. The second kappa shape index (κ2) is 19.8. The van der Waals surface area contributed by atoms with Crippen molar-refractivity contribution in [1.29, 1.82) is 0 Å². The van der Waals surface area contributed by atoms with Gasteiger partial charge < -0.3 is 31.1 Å². The number of hydrogen-bond acceptors (Lipinski definition) is 11. The number of alkyl halides is 6. The number of hydrogen-bond donors (Lipinski definition) is 5. The summed E-state index contributed by atoms with van der Waals surface area (Å²) in [5, 5.41) is 31.2. The lowest BCUT2D eigenvalue weighted by molar-refractivity contribution is -0.132. The van der Waals surface area contributed by atoms with Crippen molar-refractivity contribution in [3.8, 4) is 34.0 Å². The second-order valence-electron chi connectivity index (χ2n) is 15.8. The van der Waals surface area contributed by atoms with Crippen molar-refractivity contribution in [2.24, 2.45) is 0 Å². The number of methoxy groups -OCH3 is 1. The standard InChI is InChI=1S/C25H21F4N5O2S.C20H19ClF3N5O2/c26-15-2-1-3-17(11-15)37-22-12-19(30-9-8-25(27,28)29)23-31-13-20(34(23)33-22)18-7-4-14(10-21(18)35)24(36)32-16-5-6-16;1-31-16-8-11(19(30)27-12-3-4-12)2-5-13(16)15-10-26-18-14(9-17(21)28-29(15)18)25-7-6-20(22,23)24/h1-4,7,10-13,16,30,35H,5-6,8-9H2,(H,32,36);2,5,8-10,12,25H,3-4,6-7H2,1H3,(H,27,30). The molecule has 9 rings (SSSR count). The zero-order valence-corrected chi connectivity index (χ0v) is 37.3. The predicted octanol–water partition coefficient (Wildman–Crippen LogP) is 9.96. The van der Waals surface area contributed by atoms with Crippen LogP contribution in [0.25, 0.3) is 33.8 Å². The highest BCUT2D eigenvalue weighted by atomic mass is 35.5. The number of benzene rings is 3. The monoisotopic (exact) mass is 984 g/mol. The molecule has 2 amide bonds. The normalized spacial score (nSPS) is 13.8. The summed E-state index contributed by atoms with van der Waals surface area (Å²) in [7, 11) is 1.48. The first kappa shape index (κ1) is 47.7. The van der Waals surface area contributed by atoms with Gasteiger partial charge in [0.2, 0.25) is 0 Å². The molecule has 14 nitrogen and oxygen atoms in total. The minimum absolute atomic E-state index is 0.0839. The van der Waals surface area contributed by atoms with E-state index in [0.717, 1.165) is 37.4 Å². The molecule has 2 saturated carbocycles. The summed E-state index contributed by atoms with van der Waals surface area (Å²) in [4.78, 5) is 33.8. The van der Waals surface area contributed by atoms with Crippen LogP contribution < -0.4 is 26.0 Å². The molecule has 0 atom stereocenters. The number of anilines is 2. The van der Waals surface area contributed by atoms with Crippen molar-refractivity contribution in [2.75, 3.05) is 30.8 Å². The van der Waals surface area contributed by atoms with Gasteiger partial charge in [-0.3, -0.25) is 9.59 Å². The molecular formula is C45H40ClF7N10O4S. The Labute approximate surface area is 391 Å². The molecule has 0 aliphatic heterocycles. The van der Waals surface area contributed by atoms with Gasteiger partial charge in [-0.15, -0.1) is 0 Å². The maximum atomic E-state index is 13.7. The van der Waals surface area contributed by atoms with Crippen molar-refractivity contribution < 1.29 is 50.2 Å². The number of phenolic OH excluding ortho intramolecular Hbond substituents is 1. The number of aromatic nitrogens is 6. The van der Waals surface area contributed by atoms with Crippen LogP contribution in [0, 0.1) is 5.82 Å². The topological polar surface area (TPSA) is 172 Å². The number of rotatable bonds is 15. The van der Waals surface area contributed by atoms with Crippen LogP contribution in [0.3, 0.4) is 0 Å².